The number of Topliss-reactive ketones (excluding diaryl/α,β-unsaturated/α-hetero) is 1. The van der Waals surface area contributed by atoms with E-state index in [1.54, 1.807) is 17.0 Å². The molecular weight excluding hydrogens is 338 g/mol. The van der Waals surface area contributed by atoms with Gasteiger partial charge < -0.3 is 9.64 Å². The van der Waals surface area contributed by atoms with E-state index in [1.807, 2.05) is 0 Å². The lowest BCUT2D eigenvalue weighted by molar-refractivity contribution is -0.152. The summed E-state index contributed by atoms with van der Waals surface area (Å²) in [6.07, 6.45) is 2.00. The first-order valence-corrected chi connectivity index (χ1v) is 8.87. The minimum absolute atomic E-state index is 0.0291. The summed E-state index contributed by atoms with van der Waals surface area (Å²) in [4.78, 5) is 37.7. The van der Waals surface area contributed by atoms with Crippen LogP contribution in [0.25, 0.3) is 0 Å². The van der Waals surface area contributed by atoms with Gasteiger partial charge in [-0.15, -0.1) is 11.3 Å². The zero-order chi connectivity index (χ0) is 16.8. The monoisotopic (exact) mass is 357 g/mol. The molecule has 0 unspecified atom stereocenters. The van der Waals surface area contributed by atoms with Gasteiger partial charge in [0, 0.05) is 19.5 Å². The Labute approximate surface area is 144 Å². The number of amides is 1. The third kappa shape index (κ3) is 5.62. The SMILES string of the molecule is CC1CCN(C(=O)COC(=O)CCC(=O)c2ccc(Cl)s2)CC1. The summed E-state index contributed by atoms with van der Waals surface area (Å²) in [6.45, 7) is 3.36. The number of carbonyl (C=O) groups is 3. The van der Waals surface area contributed by atoms with Gasteiger partial charge in [-0.1, -0.05) is 18.5 Å². The van der Waals surface area contributed by atoms with E-state index in [-0.39, 0.29) is 31.1 Å². The lowest BCUT2D eigenvalue weighted by atomic mass is 9.99. The number of halogens is 1. The molecule has 0 atom stereocenters. The van der Waals surface area contributed by atoms with Crippen molar-refractivity contribution in [2.24, 2.45) is 5.92 Å². The van der Waals surface area contributed by atoms with Gasteiger partial charge in [0.25, 0.3) is 5.91 Å². The Morgan fingerprint density at radius 2 is 1.96 bits per heavy atom. The average molecular weight is 358 g/mol. The Hall–Kier alpha value is -1.40. The van der Waals surface area contributed by atoms with E-state index in [0.717, 1.165) is 25.9 Å². The highest BCUT2D eigenvalue weighted by Crippen LogP contribution is 2.23. The predicted octanol–water partition coefficient (Wildman–Crippen LogP) is 3.17. The fraction of sp³-hybridized carbons (Fsp3) is 0.562. The highest BCUT2D eigenvalue weighted by atomic mass is 35.5. The number of esters is 1. The molecule has 7 heteroatoms. The zero-order valence-corrected chi connectivity index (χ0v) is 14.6. The lowest BCUT2D eigenvalue weighted by Gasteiger charge is -2.30. The second-order valence-corrected chi connectivity index (χ2v) is 7.47. The van der Waals surface area contributed by atoms with Crippen molar-refractivity contribution in [1.82, 2.24) is 4.90 Å². The number of hydrogen-bond acceptors (Lipinski definition) is 5. The van der Waals surface area contributed by atoms with Crippen LogP contribution in [0, 0.1) is 5.92 Å². The largest absolute Gasteiger partial charge is 0.456 e. The van der Waals surface area contributed by atoms with E-state index >= 15 is 0 Å². The maximum Gasteiger partial charge on any atom is 0.306 e. The van der Waals surface area contributed by atoms with Gasteiger partial charge in [-0.2, -0.15) is 0 Å². The second kappa shape index (κ2) is 8.45. The zero-order valence-electron chi connectivity index (χ0n) is 13.0. The van der Waals surface area contributed by atoms with Crippen LogP contribution >= 0.6 is 22.9 Å². The minimum atomic E-state index is -0.528. The highest BCUT2D eigenvalue weighted by Gasteiger charge is 2.21. The van der Waals surface area contributed by atoms with E-state index < -0.39 is 5.97 Å². The molecule has 0 radical (unpaired) electrons. The van der Waals surface area contributed by atoms with Crippen LogP contribution in [-0.4, -0.2) is 42.3 Å². The fourth-order valence-electron chi connectivity index (χ4n) is 2.37. The van der Waals surface area contributed by atoms with E-state index in [1.165, 1.54) is 11.3 Å². The first kappa shape index (κ1) is 17.9. The van der Waals surface area contributed by atoms with Crippen molar-refractivity contribution in [3.8, 4) is 0 Å². The summed E-state index contributed by atoms with van der Waals surface area (Å²) in [5, 5.41) is 0. The van der Waals surface area contributed by atoms with Crippen LogP contribution < -0.4 is 0 Å². The number of rotatable bonds is 6. The second-order valence-electron chi connectivity index (χ2n) is 5.75. The third-order valence-electron chi connectivity index (χ3n) is 3.90. The average Bonchev–Trinajstić information content (AvgIpc) is 2.97. The summed E-state index contributed by atoms with van der Waals surface area (Å²) in [5.41, 5.74) is 0. The van der Waals surface area contributed by atoms with Gasteiger partial charge >= 0.3 is 5.97 Å². The molecule has 0 aromatic carbocycles. The number of hydrogen-bond donors (Lipinski definition) is 0. The number of thiophene rings is 1. The molecule has 0 saturated carbocycles. The normalized spacial score (nSPS) is 15.5. The van der Waals surface area contributed by atoms with Crippen LogP contribution in [0.4, 0.5) is 0 Å². The molecule has 0 N–H and O–H groups in total. The van der Waals surface area contributed by atoms with Crippen molar-refractivity contribution in [1.29, 1.82) is 0 Å². The predicted molar refractivity (Wildman–Crippen MR) is 88.8 cm³/mol. The molecule has 23 heavy (non-hydrogen) atoms. The van der Waals surface area contributed by atoms with Gasteiger partial charge in [-0.05, 0) is 30.9 Å². The Morgan fingerprint density at radius 1 is 1.26 bits per heavy atom. The molecule has 1 saturated heterocycles. The summed E-state index contributed by atoms with van der Waals surface area (Å²) in [6, 6.07) is 3.29. The maximum atomic E-state index is 11.9. The molecule has 5 nitrogen and oxygen atoms in total. The molecule has 0 bridgehead atoms. The molecule has 2 heterocycles. The van der Waals surface area contributed by atoms with Crippen molar-refractivity contribution >= 4 is 40.6 Å². The Kier molecular flexibility index (Phi) is 6.59. The number of likely N-dealkylation sites (tertiary alicyclic amines) is 1. The molecule has 0 aliphatic carbocycles. The fourth-order valence-corrected chi connectivity index (χ4v) is 3.38. The number of ether oxygens (including phenoxy) is 1. The van der Waals surface area contributed by atoms with Crippen LogP contribution in [0.15, 0.2) is 12.1 Å². The molecule has 1 fully saturated rings. The van der Waals surface area contributed by atoms with Crippen LogP contribution in [-0.2, 0) is 14.3 Å². The Balaban J connectivity index is 1.66. The van der Waals surface area contributed by atoms with E-state index in [0.29, 0.717) is 15.1 Å². The van der Waals surface area contributed by atoms with E-state index in [2.05, 4.69) is 6.92 Å². The number of nitrogens with zero attached hydrogens (tertiary/aromatic N) is 1. The smallest absolute Gasteiger partial charge is 0.306 e. The molecule has 2 rings (SSSR count). The molecule has 1 amide bonds. The molecule has 0 spiro atoms. The van der Waals surface area contributed by atoms with Crippen molar-refractivity contribution in [3.05, 3.63) is 21.3 Å². The van der Waals surface area contributed by atoms with Gasteiger partial charge in [-0.3, -0.25) is 14.4 Å². The van der Waals surface area contributed by atoms with Gasteiger partial charge in [0.05, 0.1) is 15.6 Å². The first-order valence-electron chi connectivity index (χ1n) is 7.67. The lowest BCUT2D eigenvalue weighted by Crippen LogP contribution is -2.40. The molecule has 1 aliphatic rings. The maximum absolute atomic E-state index is 11.9. The number of carbonyl (C=O) groups excluding carboxylic acids is 3. The van der Waals surface area contributed by atoms with Crippen molar-refractivity contribution in [3.63, 3.8) is 0 Å². The van der Waals surface area contributed by atoms with Gasteiger partial charge in [0.1, 0.15) is 0 Å². The Bertz CT molecular complexity index is 578. The summed E-state index contributed by atoms with van der Waals surface area (Å²) < 4.78 is 5.51. The number of ketones is 1. The molecule has 126 valence electrons. The first-order chi connectivity index (χ1) is 11.0. The van der Waals surface area contributed by atoms with Crippen LogP contribution in [0.1, 0.15) is 42.3 Å². The van der Waals surface area contributed by atoms with Crippen molar-refractivity contribution in [2.45, 2.75) is 32.6 Å². The van der Waals surface area contributed by atoms with Gasteiger partial charge in [-0.25, -0.2) is 0 Å². The molecule has 1 aromatic heterocycles. The molecule has 1 aliphatic heterocycles. The third-order valence-corrected chi connectivity index (χ3v) is 5.17. The minimum Gasteiger partial charge on any atom is -0.456 e. The molecular formula is C16H20ClNO4S. The van der Waals surface area contributed by atoms with E-state index in [4.69, 9.17) is 16.3 Å². The number of piperidine rings is 1. The quantitative estimate of drug-likeness (QED) is 0.579. The highest BCUT2D eigenvalue weighted by molar-refractivity contribution is 7.18. The topological polar surface area (TPSA) is 63.7 Å². The standard InChI is InChI=1S/C16H20ClNO4S/c1-11-6-8-18(9-7-11)15(20)10-22-16(21)5-2-12(19)13-3-4-14(17)23-13/h3-4,11H,2,5-10H2,1H3. The van der Waals surface area contributed by atoms with Crippen molar-refractivity contribution < 1.29 is 19.1 Å². The van der Waals surface area contributed by atoms with Crippen molar-refractivity contribution in [2.75, 3.05) is 19.7 Å². The summed E-state index contributed by atoms with van der Waals surface area (Å²) >= 11 is 6.95. The van der Waals surface area contributed by atoms with Gasteiger partial charge in [0.2, 0.25) is 0 Å². The summed E-state index contributed by atoms with van der Waals surface area (Å²) in [5.74, 6) is -0.199. The van der Waals surface area contributed by atoms with Gasteiger partial charge in [0.15, 0.2) is 12.4 Å². The molecule has 1 aromatic rings. The van der Waals surface area contributed by atoms with Crippen LogP contribution in [0.3, 0.4) is 0 Å². The Morgan fingerprint density at radius 3 is 2.57 bits per heavy atom. The van der Waals surface area contributed by atoms with E-state index in [9.17, 15) is 14.4 Å². The van der Waals surface area contributed by atoms with Crippen LogP contribution in [0.5, 0.6) is 0 Å². The van der Waals surface area contributed by atoms with Crippen LogP contribution in [0.2, 0.25) is 4.34 Å². The summed E-state index contributed by atoms with van der Waals surface area (Å²) in [7, 11) is 0.